The summed E-state index contributed by atoms with van der Waals surface area (Å²) in [7, 11) is 7.42. The lowest BCUT2D eigenvalue weighted by Gasteiger charge is -2.27. The molecular weight excluding hydrogens is 552 g/mol. The van der Waals surface area contributed by atoms with E-state index in [9.17, 15) is 4.79 Å². The van der Waals surface area contributed by atoms with Gasteiger partial charge in [-0.3, -0.25) is 0 Å². The number of carbonyl (C=O) groups is 1. The molecular formula is C35H42N6O3. The molecule has 1 aliphatic carbocycles. The summed E-state index contributed by atoms with van der Waals surface area (Å²) in [4.78, 5) is 24.3. The molecule has 1 unspecified atom stereocenters. The third-order valence-corrected chi connectivity index (χ3v) is 7.91. The van der Waals surface area contributed by atoms with Gasteiger partial charge in [0.15, 0.2) is 11.5 Å². The van der Waals surface area contributed by atoms with Crippen molar-refractivity contribution >= 4 is 17.7 Å². The highest BCUT2D eigenvalue weighted by molar-refractivity contribution is 5.89. The fourth-order valence-electron chi connectivity index (χ4n) is 5.60. The van der Waals surface area contributed by atoms with Crippen molar-refractivity contribution in [2.75, 3.05) is 58.6 Å². The Morgan fingerprint density at radius 2 is 1.75 bits per heavy atom. The van der Waals surface area contributed by atoms with E-state index in [2.05, 4.69) is 76.3 Å². The molecule has 3 N–H and O–H groups in total. The Hall–Kier alpha value is -4.63. The number of carbonyl (C=O) groups excluding carboxylic acids is 1. The van der Waals surface area contributed by atoms with Crippen molar-refractivity contribution in [1.82, 2.24) is 20.2 Å². The number of rotatable bonds is 13. The van der Waals surface area contributed by atoms with Crippen LogP contribution in [0.1, 0.15) is 41.0 Å². The van der Waals surface area contributed by atoms with Gasteiger partial charge < -0.3 is 30.3 Å². The number of anilines is 2. The zero-order chi connectivity index (χ0) is 30.9. The van der Waals surface area contributed by atoms with Crippen LogP contribution in [0, 0.1) is 0 Å². The van der Waals surface area contributed by atoms with Crippen molar-refractivity contribution in [1.29, 1.82) is 0 Å². The number of unbranched alkanes of at least 4 members (excludes halogenated alkanes) is 1. The van der Waals surface area contributed by atoms with Gasteiger partial charge in [-0.1, -0.05) is 42.5 Å². The molecule has 0 spiro atoms. The van der Waals surface area contributed by atoms with Crippen LogP contribution in [0.2, 0.25) is 0 Å². The number of aromatic nitrogens is 2. The van der Waals surface area contributed by atoms with E-state index in [4.69, 9.17) is 14.5 Å². The Labute approximate surface area is 260 Å². The number of nitrogens with one attached hydrogen (secondary N) is 3. The first kappa shape index (κ1) is 30.8. The van der Waals surface area contributed by atoms with Crippen molar-refractivity contribution in [3.05, 3.63) is 95.2 Å². The first-order valence-corrected chi connectivity index (χ1v) is 15.1. The van der Waals surface area contributed by atoms with Crippen LogP contribution in [-0.2, 0) is 12.8 Å². The van der Waals surface area contributed by atoms with E-state index in [1.807, 2.05) is 36.5 Å². The van der Waals surface area contributed by atoms with Gasteiger partial charge >= 0.3 is 6.03 Å². The summed E-state index contributed by atoms with van der Waals surface area (Å²) in [5.74, 6) is 2.22. The molecule has 0 fully saturated rings. The van der Waals surface area contributed by atoms with E-state index in [1.54, 1.807) is 14.2 Å². The van der Waals surface area contributed by atoms with E-state index in [0.29, 0.717) is 30.4 Å². The minimum absolute atomic E-state index is 0.177. The lowest BCUT2D eigenvalue weighted by molar-refractivity contribution is 0.252. The fraction of sp³-hybridized carbons (Fsp3) is 0.343. The van der Waals surface area contributed by atoms with E-state index < -0.39 is 0 Å². The van der Waals surface area contributed by atoms with Crippen molar-refractivity contribution in [2.24, 2.45) is 0 Å². The van der Waals surface area contributed by atoms with E-state index >= 15 is 0 Å². The molecule has 0 bridgehead atoms. The smallest absolute Gasteiger partial charge is 0.319 e. The minimum Gasteiger partial charge on any atom is -0.493 e. The fourth-order valence-corrected chi connectivity index (χ4v) is 5.60. The molecule has 230 valence electrons. The second kappa shape index (κ2) is 14.7. The van der Waals surface area contributed by atoms with Gasteiger partial charge in [0.1, 0.15) is 0 Å². The topological polar surface area (TPSA) is 101 Å². The van der Waals surface area contributed by atoms with Crippen LogP contribution in [0.25, 0.3) is 11.3 Å². The molecule has 1 aliphatic rings. The summed E-state index contributed by atoms with van der Waals surface area (Å²) in [5.41, 5.74) is 7.53. The largest absolute Gasteiger partial charge is 0.493 e. The first-order chi connectivity index (χ1) is 21.4. The van der Waals surface area contributed by atoms with Crippen molar-refractivity contribution in [3.63, 3.8) is 0 Å². The molecule has 1 aromatic heterocycles. The van der Waals surface area contributed by atoms with Crippen LogP contribution >= 0.6 is 0 Å². The van der Waals surface area contributed by atoms with Crippen LogP contribution < -0.4 is 25.4 Å². The molecule has 44 heavy (non-hydrogen) atoms. The number of fused-ring (bicyclic) bond motifs is 3. The van der Waals surface area contributed by atoms with Gasteiger partial charge in [0.25, 0.3) is 0 Å². The average Bonchev–Trinajstić information content (AvgIpc) is 3.04. The maximum absolute atomic E-state index is 12.6. The van der Waals surface area contributed by atoms with Gasteiger partial charge in [0, 0.05) is 36.5 Å². The molecule has 2 amide bonds. The summed E-state index contributed by atoms with van der Waals surface area (Å²) in [6.45, 7) is 2.42. The predicted molar refractivity (Wildman–Crippen MR) is 176 cm³/mol. The Bertz CT molecular complexity index is 1560. The van der Waals surface area contributed by atoms with Gasteiger partial charge in [-0.25, -0.2) is 14.8 Å². The van der Waals surface area contributed by atoms with Crippen LogP contribution in [0.15, 0.2) is 72.9 Å². The third kappa shape index (κ3) is 7.65. The van der Waals surface area contributed by atoms with Gasteiger partial charge in [-0.2, -0.15) is 0 Å². The number of benzene rings is 3. The number of methoxy groups -OCH3 is 2. The maximum atomic E-state index is 12.6. The molecule has 3 aromatic carbocycles. The second-order valence-corrected chi connectivity index (χ2v) is 11.3. The highest BCUT2D eigenvalue weighted by atomic mass is 16.5. The van der Waals surface area contributed by atoms with Crippen LogP contribution in [0.3, 0.4) is 0 Å². The summed E-state index contributed by atoms with van der Waals surface area (Å²) < 4.78 is 10.7. The maximum Gasteiger partial charge on any atom is 0.319 e. The van der Waals surface area contributed by atoms with Crippen molar-refractivity contribution in [2.45, 2.75) is 31.6 Å². The van der Waals surface area contributed by atoms with Gasteiger partial charge in [-0.15, -0.1) is 0 Å². The highest BCUT2D eigenvalue weighted by Gasteiger charge is 2.27. The number of ether oxygens (including phenoxy) is 2. The quantitative estimate of drug-likeness (QED) is 0.164. The highest BCUT2D eigenvalue weighted by Crippen LogP contribution is 2.42. The molecule has 0 saturated heterocycles. The average molecular weight is 595 g/mol. The molecule has 9 heteroatoms. The van der Waals surface area contributed by atoms with Crippen LogP contribution in [0.5, 0.6) is 11.5 Å². The minimum atomic E-state index is -0.241. The number of nitrogens with zero attached hydrogens (tertiary/aromatic N) is 3. The SMILES string of the molecule is COc1ccc(CCNC(=O)Nc2ccc(C3Cc4cnc(NCCCCN(C)C)nc4-c4ccccc43)cc2)cc1OC. The van der Waals surface area contributed by atoms with Crippen molar-refractivity contribution in [3.8, 4) is 22.8 Å². The third-order valence-electron chi connectivity index (χ3n) is 7.91. The predicted octanol–water partition coefficient (Wildman–Crippen LogP) is 5.97. The summed E-state index contributed by atoms with van der Waals surface area (Å²) >= 11 is 0. The first-order valence-electron chi connectivity index (χ1n) is 15.1. The number of hydrogen-bond donors (Lipinski definition) is 3. The Morgan fingerprint density at radius 1 is 0.955 bits per heavy atom. The molecule has 5 rings (SSSR count). The van der Waals surface area contributed by atoms with E-state index in [-0.39, 0.29) is 11.9 Å². The second-order valence-electron chi connectivity index (χ2n) is 11.3. The Morgan fingerprint density at radius 3 is 2.52 bits per heavy atom. The van der Waals surface area contributed by atoms with Crippen LogP contribution in [0.4, 0.5) is 16.4 Å². The zero-order valence-electron chi connectivity index (χ0n) is 26.0. The van der Waals surface area contributed by atoms with Crippen molar-refractivity contribution < 1.29 is 14.3 Å². The molecule has 9 nitrogen and oxygen atoms in total. The Balaban J connectivity index is 1.18. The zero-order valence-corrected chi connectivity index (χ0v) is 26.0. The summed E-state index contributed by atoms with van der Waals surface area (Å²) in [6, 6.07) is 22.1. The van der Waals surface area contributed by atoms with Gasteiger partial charge in [0.2, 0.25) is 5.95 Å². The van der Waals surface area contributed by atoms with E-state index in [1.165, 1.54) is 11.1 Å². The van der Waals surface area contributed by atoms with Gasteiger partial charge in [0.05, 0.1) is 19.9 Å². The summed E-state index contributed by atoms with van der Waals surface area (Å²) in [5, 5.41) is 9.28. The normalized spacial score (nSPS) is 13.5. The Kier molecular flexibility index (Phi) is 10.3. The standard InChI is InChI=1S/C35H42N6O3/c1-41(2)20-8-7-18-36-34-38-23-26-22-30(28-9-5-6-10-29(28)33(26)40-34)25-12-14-27(15-13-25)39-35(42)37-19-17-24-11-16-31(43-3)32(21-24)44-4/h5-6,9-16,21,23,30H,7-8,17-20,22H2,1-4H3,(H,36,38,40)(H2,37,39,42). The van der Waals surface area contributed by atoms with Crippen LogP contribution in [-0.4, -0.2) is 68.8 Å². The summed E-state index contributed by atoms with van der Waals surface area (Å²) in [6.07, 6.45) is 5.67. The molecule has 1 heterocycles. The number of hydrogen-bond acceptors (Lipinski definition) is 7. The van der Waals surface area contributed by atoms with E-state index in [0.717, 1.165) is 60.4 Å². The molecule has 0 aliphatic heterocycles. The lowest BCUT2D eigenvalue weighted by Crippen LogP contribution is -2.30. The number of amides is 2. The molecule has 0 saturated carbocycles. The van der Waals surface area contributed by atoms with Gasteiger partial charge in [-0.05, 0) is 92.8 Å². The number of urea groups is 1. The monoisotopic (exact) mass is 594 g/mol. The molecule has 0 radical (unpaired) electrons. The lowest BCUT2D eigenvalue weighted by atomic mass is 9.78. The molecule has 1 atom stereocenters. The molecule has 4 aromatic rings.